The highest BCUT2D eigenvalue weighted by atomic mass is 14.9. The van der Waals surface area contributed by atoms with Gasteiger partial charge in [-0.15, -0.1) is 0 Å². The predicted octanol–water partition coefficient (Wildman–Crippen LogP) is 0.954. The maximum atomic E-state index is 7.08. The van der Waals surface area contributed by atoms with Crippen molar-refractivity contribution < 1.29 is 0 Å². The molecule has 0 aromatic rings. The Balaban J connectivity index is 2.25. The lowest BCUT2D eigenvalue weighted by atomic mass is 10.1. The Morgan fingerprint density at radius 3 is 2.57 bits per heavy atom. The van der Waals surface area contributed by atoms with Gasteiger partial charge in [-0.2, -0.15) is 0 Å². The third-order valence-corrected chi connectivity index (χ3v) is 1.19. The van der Waals surface area contributed by atoms with E-state index in [1.807, 2.05) is 0 Å². The molecular formula is C6H9N. The largest absolute Gasteiger partial charge is 0.388 e. The van der Waals surface area contributed by atoms with Crippen LogP contribution in [0, 0.1) is 6.58 Å². The van der Waals surface area contributed by atoms with Gasteiger partial charge in [0.15, 0.2) is 0 Å². The van der Waals surface area contributed by atoms with Crippen molar-refractivity contribution in [3.8, 4) is 0 Å². The van der Waals surface area contributed by atoms with E-state index in [2.05, 4.69) is 5.32 Å². The summed E-state index contributed by atoms with van der Waals surface area (Å²) in [6, 6.07) is 0. The molecule has 0 unspecified atom stereocenters. The first-order valence-electron chi connectivity index (χ1n) is 2.71. The maximum Gasteiger partial charge on any atom is 0.0194 e. The summed E-state index contributed by atoms with van der Waals surface area (Å²) >= 11 is 0. The number of piperidine rings is 1. The molecule has 1 aliphatic rings. The molecule has 1 nitrogen and oxygen atoms in total. The molecule has 0 atom stereocenters. The van der Waals surface area contributed by atoms with Crippen LogP contribution in [0.3, 0.4) is 0 Å². The molecule has 0 amide bonds. The van der Waals surface area contributed by atoms with Crippen LogP contribution in [-0.4, -0.2) is 6.54 Å². The molecule has 0 aliphatic carbocycles. The van der Waals surface area contributed by atoms with E-state index in [4.69, 9.17) is 6.58 Å². The van der Waals surface area contributed by atoms with Gasteiger partial charge >= 0.3 is 0 Å². The summed E-state index contributed by atoms with van der Waals surface area (Å²) in [4.78, 5) is 0. The number of hydrogen-bond donors (Lipinski definition) is 1. The second-order valence-corrected chi connectivity index (χ2v) is 1.86. The molecule has 1 fully saturated rings. The zero-order valence-electron chi connectivity index (χ0n) is 4.33. The van der Waals surface area contributed by atoms with Crippen molar-refractivity contribution in [3.05, 3.63) is 12.3 Å². The van der Waals surface area contributed by atoms with E-state index < -0.39 is 0 Å². The van der Waals surface area contributed by atoms with Gasteiger partial charge in [-0.3, -0.25) is 0 Å². The number of allylic oxidation sites excluding steroid dienone is 1. The van der Waals surface area contributed by atoms with E-state index in [1.165, 1.54) is 12.8 Å². The standard InChI is InChI=1S/C6H9N/c1-6-4-2-3-5-7-6/h7H,2-5H2. The summed E-state index contributed by atoms with van der Waals surface area (Å²) in [6.07, 6.45) is 3.40. The van der Waals surface area contributed by atoms with Crippen LogP contribution in [0.15, 0.2) is 5.70 Å². The fourth-order valence-corrected chi connectivity index (χ4v) is 0.754. The Hall–Kier alpha value is -0.460. The highest BCUT2D eigenvalue weighted by Gasteiger charge is 1.99. The van der Waals surface area contributed by atoms with E-state index >= 15 is 0 Å². The molecule has 0 spiro atoms. The number of nitrogens with one attached hydrogen (secondary N) is 1. The minimum Gasteiger partial charge on any atom is -0.388 e. The minimum absolute atomic E-state index is 0.714. The molecule has 2 radical (unpaired) electrons. The first kappa shape index (κ1) is 4.69. The van der Waals surface area contributed by atoms with Crippen molar-refractivity contribution in [1.29, 1.82) is 0 Å². The Kier molecular flexibility index (Phi) is 1.35. The van der Waals surface area contributed by atoms with E-state index in [0.717, 1.165) is 13.0 Å². The van der Waals surface area contributed by atoms with Crippen LogP contribution < -0.4 is 5.32 Å². The SMILES string of the molecule is [C]=C1CCCCN1. The van der Waals surface area contributed by atoms with Gasteiger partial charge in [-0.1, -0.05) is 0 Å². The van der Waals surface area contributed by atoms with Gasteiger partial charge in [0.1, 0.15) is 0 Å². The van der Waals surface area contributed by atoms with E-state index in [1.54, 1.807) is 0 Å². The van der Waals surface area contributed by atoms with Crippen LogP contribution in [0.5, 0.6) is 0 Å². The van der Waals surface area contributed by atoms with Crippen molar-refractivity contribution in [2.45, 2.75) is 19.3 Å². The normalized spacial score (nSPS) is 21.4. The first-order chi connectivity index (χ1) is 3.39. The molecule has 1 saturated heterocycles. The van der Waals surface area contributed by atoms with Gasteiger partial charge in [0.05, 0.1) is 0 Å². The van der Waals surface area contributed by atoms with E-state index in [9.17, 15) is 0 Å². The number of hydrogen-bond acceptors (Lipinski definition) is 1. The Morgan fingerprint density at radius 2 is 2.29 bits per heavy atom. The van der Waals surface area contributed by atoms with Gasteiger partial charge in [0.25, 0.3) is 0 Å². The Bertz CT molecular complexity index is 68.2. The third kappa shape index (κ3) is 1.22. The van der Waals surface area contributed by atoms with Crippen LogP contribution in [0.1, 0.15) is 19.3 Å². The van der Waals surface area contributed by atoms with Gasteiger partial charge in [-0.25, -0.2) is 0 Å². The van der Waals surface area contributed by atoms with Crippen LogP contribution in [0.4, 0.5) is 0 Å². The fourth-order valence-electron chi connectivity index (χ4n) is 0.754. The molecule has 38 valence electrons. The lowest BCUT2D eigenvalue weighted by Gasteiger charge is -2.13. The quantitative estimate of drug-likeness (QED) is 0.472. The number of rotatable bonds is 0. The molecule has 0 aromatic carbocycles. The minimum atomic E-state index is 0.714. The summed E-state index contributed by atoms with van der Waals surface area (Å²) in [7, 11) is 0. The van der Waals surface area contributed by atoms with Crippen molar-refractivity contribution in [3.63, 3.8) is 0 Å². The lowest BCUT2D eigenvalue weighted by Crippen LogP contribution is -2.18. The maximum absolute atomic E-state index is 7.08. The average Bonchev–Trinajstić information content (AvgIpc) is 1.69. The zero-order valence-corrected chi connectivity index (χ0v) is 4.33. The molecule has 7 heavy (non-hydrogen) atoms. The predicted molar refractivity (Wildman–Crippen MR) is 28.6 cm³/mol. The first-order valence-corrected chi connectivity index (χ1v) is 2.71. The summed E-state index contributed by atoms with van der Waals surface area (Å²) in [6.45, 7) is 8.09. The van der Waals surface area contributed by atoms with Crippen LogP contribution in [0.2, 0.25) is 0 Å². The lowest BCUT2D eigenvalue weighted by molar-refractivity contribution is 0.589. The van der Waals surface area contributed by atoms with Gasteiger partial charge in [0.2, 0.25) is 0 Å². The summed E-state index contributed by atoms with van der Waals surface area (Å²) < 4.78 is 0. The molecule has 0 saturated carbocycles. The molecule has 0 bridgehead atoms. The molecule has 1 rings (SSSR count). The molecule has 1 heterocycles. The molecule has 1 aliphatic heterocycles. The van der Waals surface area contributed by atoms with Gasteiger partial charge in [0, 0.05) is 18.8 Å². The molecule has 1 N–H and O–H groups in total. The van der Waals surface area contributed by atoms with E-state index in [-0.39, 0.29) is 0 Å². The molecule has 1 heteroatoms. The van der Waals surface area contributed by atoms with Crippen molar-refractivity contribution >= 4 is 0 Å². The topological polar surface area (TPSA) is 12.0 Å². The highest BCUT2D eigenvalue weighted by Crippen LogP contribution is 2.06. The highest BCUT2D eigenvalue weighted by molar-refractivity contribution is 4.90. The summed E-state index contributed by atoms with van der Waals surface area (Å²) in [5, 5.41) is 2.97. The van der Waals surface area contributed by atoms with Crippen molar-refractivity contribution in [1.82, 2.24) is 5.32 Å². The Labute approximate surface area is 44.4 Å². The summed E-state index contributed by atoms with van der Waals surface area (Å²) in [5.41, 5.74) is 0.714. The van der Waals surface area contributed by atoms with Crippen LogP contribution in [0.25, 0.3) is 0 Å². The monoisotopic (exact) mass is 95.1 g/mol. The van der Waals surface area contributed by atoms with Gasteiger partial charge in [-0.05, 0) is 19.3 Å². The summed E-state index contributed by atoms with van der Waals surface area (Å²) in [5.74, 6) is 0. The molecule has 0 aromatic heterocycles. The van der Waals surface area contributed by atoms with Gasteiger partial charge < -0.3 is 5.32 Å². The third-order valence-electron chi connectivity index (χ3n) is 1.19. The molecular weight excluding hydrogens is 86.1 g/mol. The second-order valence-electron chi connectivity index (χ2n) is 1.86. The van der Waals surface area contributed by atoms with Crippen molar-refractivity contribution in [2.24, 2.45) is 0 Å². The Morgan fingerprint density at radius 1 is 1.43 bits per heavy atom. The zero-order chi connectivity index (χ0) is 5.11. The van der Waals surface area contributed by atoms with Crippen LogP contribution >= 0.6 is 0 Å². The fraction of sp³-hybridized carbons (Fsp3) is 0.667. The average molecular weight is 95.1 g/mol. The van der Waals surface area contributed by atoms with E-state index in [0.29, 0.717) is 5.70 Å². The smallest absolute Gasteiger partial charge is 0.0194 e. The van der Waals surface area contributed by atoms with Crippen LogP contribution in [-0.2, 0) is 0 Å². The second kappa shape index (κ2) is 2.01. The van der Waals surface area contributed by atoms with Crippen molar-refractivity contribution in [2.75, 3.05) is 6.54 Å².